The minimum atomic E-state index is -0.770. The van der Waals surface area contributed by atoms with Crippen molar-refractivity contribution in [3.8, 4) is 17.2 Å². The minimum absolute atomic E-state index is 0.244. The minimum Gasteiger partial charge on any atom is -0.206 e. The van der Waals surface area contributed by atoms with Crippen molar-refractivity contribution in [2.45, 2.75) is 43.4 Å². The van der Waals surface area contributed by atoms with Crippen LogP contribution in [0.4, 0.5) is 8.78 Å². The molecule has 0 aliphatic rings. The van der Waals surface area contributed by atoms with Crippen LogP contribution in [0, 0.1) is 34.1 Å². The van der Waals surface area contributed by atoms with Crippen molar-refractivity contribution in [1.82, 2.24) is 0 Å². The zero-order valence-corrected chi connectivity index (χ0v) is 16.7. The summed E-state index contributed by atoms with van der Waals surface area (Å²) in [5.41, 5.74) is 1.03. The summed E-state index contributed by atoms with van der Waals surface area (Å²) < 4.78 is 27.5. The average molecular weight is 390 g/mol. The largest absolute Gasteiger partial charge is 0.206 e. The highest BCUT2D eigenvalue weighted by Gasteiger charge is 2.11. The normalized spacial score (nSPS) is 9.38. The number of hydrogen-bond acceptors (Lipinski definition) is 3. The fourth-order valence-electron chi connectivity index (χ4n) is 1.89. The Kier molecular flexibility index (Phi) is 10.5. The van der Waals surface area contributed by atoms with E-state index in [4.69, 9.17) is 5.26 Å². The molecule has 0 saturated carbocycles. The molecule has 0 saturated heterocycles. The second-order valence-corrected chi connectivity index (χ2v) is 6.90. The van der Waals surface area contributed by atoms with Crippen LogP contribution >= 0.6 is 23.5 Å². The lowest BCUT2D eigenvalue weighted by molar-refractivity contribution is 0.540. The third kappa shape index (κ3) is 7.12. The van der Waals surface area contributed by atoms with E-state index in [-0.39, 0.29) is 10.5 Å². The van der Waals surface area contributed by atoms with E-state index in [1.807, 2.05) is 38.1 Å². The monoisotopic (exact) mass is 389 g/mol. The van der Waals surface area contributed by atoms with E-state index in [0.717, 1.165) is 23.4 Å². The molecule has 136 valence electrons. The first kappa shape index (κ1) is 22.1. The molecular weight excluding hydrogens is 368 g/mol. The summed E-state index contributed by atoms with van der Waals surface area (Å²) in [6, 6.07) is 10.1. The van der Waals surface area contributed by atoms with Crippen LogP contribution in [0.3, 0.4) is 0 Å². The van der Waals surface area contributed by atoms with Crippen molar-refractivity contribution < 1.29 is 8.78 Å². The molecule has 0 aliphatic heterocycles. The van der Waals surface area contributed by atoms with Crippen molar-refractivity contribution in [2.75, 3.05) is 5.75 Å². The molecule has 2 aromatic rings. The van der Waals surface area contributed by atoms with Gasteiger partial charge < -0.3 is 0 Å². The number of halogens is 2. The topological polar surface area (TPSA) is 23.8 Å². The Morgan fingerprint density at radius 1 is 0.962 bits per heavy atom. The molecule has 0 spiro atoms. The number of thioether (sulfide) groups is 2. The lowest BCUT2D eigenvalue weighted by Gasteiger charge is -2.01. The molecule has 2 aromatic carbocycles. The molecule has 0 amide bonds. The summed E-state index contributed by atoms with van der Waals surface area (Å²) in [7, 11) is 0. The van der Waals surface area contributed by atoms with Gasteiger partial charge in [0.2, 0.25) is 0 Å². The summed E-state index contributed by atoms with van der Waals surface area (Å²) in [6.45, 7) is 6.16. The van der Waals surface area contributed by atoms with E-state index in [2.05, 4.69) is 18.8 Å². The van der Waals surface area contributed by atoms with Crippen LogP contribution in [0.15, 0.2) is 46.2 Å². The molecule has 0 unspecified atom stereocenters. The summed E-state index contributed by atoms with van der Waals surface area (Å²) in [5.74, 6) is 5.20. The molecule has 5 heteroatoms. The molecule has 0 fully saturated rings. The maximum atomic E-state index is 13.7. The van der Waals surface area contributed by atoms with Crippen LogP contribution < -0.4 is 0 Å². The van der Waals surface area contributed by atoms with Crippen molar-refractivity contribution in [1.29, 1.82) is 5.26 Å². The Morgan fingerprint density at radius 3 is 2.08 bits per heavy atom. The molecule has 2 rings (SSSR count). The Balaban J connectivity index is 0.00000163. The van der Waals surface area contributed by atoms with Gasteiger partial charge in [-0.3, -0.25) is 0 Å². The van der Waals surface area contributed by atoms with Gasteiger partial charge in [0.1, 0.15) is 17.0 Å². The first-order valence-electron chi connectivity index (χ1n) is 8.44. The van der Waals surface area contributed by atoms with Crippen molar-refractivity contribution >= 4 is 23.5 Å². The molecule has 0 aromatic heterocycles. The number of thiocyanates is 1. The van der Waals surface area contributed by atoms with Gasteiger partial charge in [0, 0.05) is 16.0 Å². The van der Waals surface area contributed by atoms with E-state index >= 15 is 0 Å². The van der Waals surface area contributed by atoms with Crippen molar-refractivity contribution in [2.24, 2.45) is 0 Å². The van der Waals surface area contributed by atoms with Crippen LogP contribution in [0.2, 0.25) is 0 Å². The van der Waals surface area contributed by atoms with Gasteiger partial charge >= 0.3 is 0 Å². The SMILES string of the molecule is CC.CCCCSc1ccc(C#Cc2cc(F)c(SC#N)c(F)c2)cc1. The first-order chi connectivity index (χ1) is 12.6. The lowest BCUT2D eigenvalue weighted by Crippen LogP contribution is -1.89. The molecular formula is C21H21F2NS2. The summed E-state index contributed by atoms with van der Waals surface area (Å²) >= 11 is 2.27. The smallest absolute Gasteiger partial charge is 0.142 e. The molecule has 0 bridgehead atoms. The van der Waals surface area contributed by atoms with Crippen LogP contribution in [0.1, 0.15) is 44.7 Å². The van der Waals surface area contributed by atoms with Gasteiger partial charge in [-0.25, -0.2) is 8.78 Å². The van der Waals surface area contributed by atoms with Gasteiger partial charge in [0.15, 0.2) is 0 Å². The van der Waals surface area contributed by atoms with Gasteiger partial charge in [-0.05, 0) is 60.3 Å². The zero-order chi connectivity index (χ0) is 19.4. The average Bonchev–Trinajstić information content (AvgIpc) is 2.66. The van der Waals surface area contributed by atoms with Crippen LogP contribution in [0.25, 0.3) is 0 Å². The van der Waals surface area contributed by atoms with Crippen LogP contribution in [0.5, 0.6) is 0 Å². The Morgan fingerprint density at radius 2 is 1.54 bits per heavy atom. The standard InChI is InChI=1S/C19H15F2NS2.C2H6/c1-2-3-10-23-16-8-6-14(7-9-16)4-5-15-11-17(20)19(24-13-22)18(21)12-15;1-2/h6-9,11-12H,2-3,10H2,1H3;1-2H3. The lowest BCUT2D eigenvalue weighted by atomic mass is 10.2. The van der Waals surface area contributed by atoms with Crippen molar-refractivity contribution in [3.63, 3.8) is 0 Å². The predicted molar refractivity (Wildman–Crippen MR) is 107 cm³/mol. The fraction of sp³-hybridized carbons (Fsp3) is 0.286. The molecule has 26 heavy (non-hydrogen) atoms. The van der Waals surface area contributed by atoms with Crippen LogP contribution in [-0.4, -0.2) is 5.75 Å². The maximum Gasteiger partial charge on any atom is 0.142 e. The number of nitriles is 1. The quantitative estimate of drug-likeness (QED) is 0.242. The number of rotatable bonds is 5. The van der Waals surface area contributed by atoms with E-state index in [9.17, 15) is 8.78 Å². The highest BCUT2D eigenvalue weighted by molar-refractivity contribution is 8.03. The van der Waals surface area contributed by atoms with Gasteiger partial charge in [0.25, 0.3) is 0 Å². The molecule has 0 atom stereocenters. The molecule has 0 heterocycles. The highest BCUT2D eigenvalue weighted by atomic mass is 32.2. The molecule has 0 N–H and O–H groups in total. The molecule has 0 aliphatic carbocycles. The van der Waals surface area contributed by atoms with E-state index in [0.29, 0.717) is 11.8 Å². The van der Waals surface area contributed by atoms with E-state index < -0.39 is 11.6 Å². The summed E-state index contributed by atoms with van der Waals surface area (Å²) in [4.78, 5) is 0.889. The van der Waals surface area contributed by atoms with E-state index in [1.165, 1.54) is 17.7 Å². The number of nitrogens with zero attached hydrogens (tertiary/aromatic N) is 1. The number of hydrogen-bond donors (Lipinski definition) is 0. The zero-order valence-electron chi connectivity index (χ0n) is 15.1. The van der Waals surface area contributed by atoms with Gasteiger partial charge in [-0.15, -0.1) is 11.8 Å². The fourth-order valence-corrected chi connectivity index (χ4v) is 3.29. The van der Waals surface area contributed by atoms with Gasteiger partial charge in [-0.1, -0.05) is 39.0 Å². The Hall–Kier alpha value is -1.95. The third-order valence-electron chi connectivity index (χ3n) is 3.12. The number of benzene rings is 2. The summed E-state index contributed by atoms with van der Waals surface area (Å²) in [6.07, 6.45) is 2.36. The second kappa shape index (κ2) is 12.4. The third-order valence-corrected chi connectivity index (χ3v) is 4.90. The second-order valence-electron chi connectivity index (χ2n) is 4.94. The molecule has 1 nitrogen and oxygen atoms in total. The van der Waals surface area contributed by atoms with Crippen LogP contribution in [-0.2, 0) is 0 Å². The van der Waals surface area contributed by atoms with Gasteiger partial charge in [0.05, 0.1) is 4.90 Å². The first-order valence-corrected chi connectivity index (χ1v) is 10.2. The predicted octanol–water partition coefficient (Wildman–Crippen LogP) is 6.86. The Labute approximate surface area is 163 Å². The number of unbranched alkanes of at least 4 members (excludes halogenated alkanes) is 1. The molecule has 0 radical (unpaired) electrons. The highest BCUT2D eigenvalue weighted by Crippen LogP contribution is 2.25. The van der Waals surface area contributed by atoms with Gasteiger partial charge in [-0.2, -0.15) is 5.26 Å². The Bertz CT molecular complexity index is 776. The maximum absolute atomic E-state index is 13.7. The summed E-state index contributed by atoms with van der Waals surface area (Å²) in [5, 5.41) is 10.2. The van der Waals surface area contributed by atoms with Crippen molar-refractivity contribution in [3.05, 3.63) is 59.2 Å². The van der Waals surface area contributed by atoms with E-state index in [1.54, 1.807) is 17.2 Å².